The molecular weight excluding hydrogens is 262 g/mol. The van der Waals surface area contributed by atoms with Crippen LogP contribution < -0.4 is 10.9 Å². The monoisotopic (exact) mass is 277 g/mol. The normalized spacial score (nSPS) is 14.9. The Balaban J connectivity index is 2.17. The van der Waals surface area contributed by atoms with Crippen molar-refractivity contribution in [2.45, 2.75) is 32.7 Å². The highest BCUT2D eigenvalue weighted by Gasteiger charge is 2.26. The highest BCUT2D eigenvalue weighted by molar-refractivity contribution is 7.20. The van der Waals surface area contributed by atoms with Crippen LogP contribution in [0.15, 0.2) is 4.79 Å². The molecule has 0 unspecified atom stereocenters. The zero-order chi connectivity index (χ0) is 13.7. The number of aryl methyl sites for hydroxylation is 2. The Kier molecular flexibility index (Phi) is 2.70. The predicted octanol–water partition coefficient (Wildman–Crippen LogP) is 1.50. The van der Waals surface area contributed by atoms with Crippen LogP contribution in [0.25, 0.3) is 10.2 Å². The van der Waals surface area contributed by atoms with Gasteiger partial charge in [-0.1, -0.05) is 0 Å². The van der Waals surface area contributed by atoms with Crippen molar-refractivity contribution in [2.75, 3.05) is 0 Å². The Labute approximate surface area is 114 Å². The van der Waals surface area contributed by atoms with E-state index in [1.165, 1.54) is 15.9 Å². The molecule has 0 bridgehead atoms. The quantitative estimate of drug-likeness (QED) is 0.905. The van der Waals surface area contributed by atoms with E-state index in [4.69, 9.17) is 0 Å². The van der Waals surface area contributed by atoms with E-state index in [0.29, 0.717) is 27.0 Å². The zero-order valence-corrected chi connectivity index (χ0v) is 11.9. The standard InChI is InChI=1S/C13H15N3O2S/c1-6-9-12(14-7(2)16(3)13(9)18)19-10(6)11(17)15-8-4-5-8/h8H,4-5H2,1-3H3,(H,15,17). The molecule has 0 aromatic carbocycles. The Morgan fingerprint density at radius 3 is 2.74 bits per heavy atom. The molecule has 19 heavy (non-hydrogen) atoms. The molecule has 0 spiro atoms. The molecule has 1 N–H and O–H groups in total. The fourth-order valence-electron chi connectivity index (χ4n) is 2.06. The van der Waals surface area contributed by atoms with Crippen LogP contribution in [0.3, 0.4) is 0 Å². The van der Waals surface area contributed by atoms with Crippen molar-refractivity contribution in [1.29, 1.82) is 0 Å². The highest BCUT2D eigenvalue weighted by atomic mass is 32.1. The molecule has 0 aliphatic heterocycles. The first-order valence-electron chi connectivity index (χ1n) is 6.26. The van der Waals surface area contributed by atoms with E-state index in [9.17, 15) is 9.59 Å². The average molecular weight is 277 g/mol. The van der Waals surface area contributed by atoms with E-state index in [1.54, 1.807) is 14.0 Å². The second kappa shape index (κ2) is 4.16. The largest absolute Gasteiger partial charge is 0.349 e. The first kappa shape index (κ1) is 12.3. The molecule has 6 heteroatoms. The fourth-order valence-corrected chi connectivity index (χ4v) is 3.18. The maximum absolute atomic E-state index is 12.2. The summed E-state index contributed by atoms with van der Waals surface area (Å²) in [4.78, 5) is 30.0. The number of rotatable bonds is 2. The summed E-state index contributed by atoms with van der Waals surface area (Å²) in [5, 5.41) is 3.52. The molecule has 2 aromatic heterocycles. The molecule has 1 aliphatic rings. The second-order valence-corrected chi connectivity index (χ2v) is 6.01. The van der Waals surface area contributed by atoms with Crippen LogP contribution in [0, 0.1) is 13.8 Å². The van der Waals surface area contributed by atoms with Gasteiger partial charge in [-0.25, -0.2) is 4.98 Å². The number of nitrogens with zero attached hydrogens (tertiary/aromatic N) is 2. The molecule has 3 rings (SSSR count). The van der Waals surface area contributed by atoms with Crippen molar-refractivity contribution >= 4 is 27.5 Å². The molecule has 1 aliphatic carbocycles. The van der Waals surface area contributed by atoms with Gasteiger partial charge in [0, 0.05) is 13.1 Å². The number of carbonyl (C=O) groups excluding carboxylic acids is 1. The third kappa shape index (κ3) is 1.96. The lowest BCUT2D eigenvalue weighted by Crippen LogP contribution is -2.25. The number of carbonyl (C=O) groups is 1. The summed E-state index contributed by atoms with van der Waals surface area (Å²) in [7, 11) is 1.70. The van der Waals surface area contributed by atoms with Gasteiger partial charge in [0.05, 0.1) is 10.3 Å². The van der Waals surface area contributed by atoms with Crippen LogP contribution in [-0.4, -0.2) is 21.5 Å². The number of hydrogen-bond donors (Lipinski definition) is 1. The number of nitrogens with one attached hydrogen (secondary N) is 1. The summed E-state index contributed by atoms with van der Waals surface area (Å²) in [5.74, 6) is 0.579. The van der Waals surface area contributed by atoms with Gasteiger partial charge in [0.2, 0.25) is 0 Å². The Hall–Kier alpha value is -1.69. The van der Waals surface area contributed by atoms with Crippen LogP contribution in [0.1, 0.15) is 33.9 Å². The topological polar surface area (TPSA) is 64.0 Å². The molecule has 1 amide bonds. The van der Waals surface area contributed by atoms with Gasteiger partial charge in [-0.15, -0.1) is 11.3 Å². The van der Waals surface area contributed by atoms with Crippen molar-refractivity contribution in [2.24, 2.45) is 7.05 Å². The van der Waals surface area contributed by atoms with Crippen LogP contribution in [0.4, 0.5) is 0 Å². The Bertz CT molecular complexity index is 740. The van der Waals surface area contributed by atoms with E-state index >= 15 is 0 Å². The number of hydrogen-bond acceptors (Lipinski definition) is 4. The molecule has 5 nitrogen and oxygen atoms in total. The third-order valence-corrected chi connectivity index (χ3v) is 4.70. The molecule has 1 saturated carbocycles. The summed E-state index contributed by atoms with van der Waals surface area (Å²) in [5.41, 5.74) is 0.660. The molecule has 0 saturated heterocycles. The molecule has 100 valence electrons. The minimum atomic E-state index is -0.0817. The minimum absolute atomic E-state index is 0.0808. The van der Waals surface area contributed by atoms with E-state index in [1.807, 2.05) is 6.92 Å². The Morgan fingerprint density at radius 2 is 2.11 bits per heavy atom. The summed E-state index contributed by atoms with van der Waals surface area (Å²) < 4.78 is 1.52. The summed E-state index contributed by atoms with van der Waals surface area (Å²) >= 11 is 1.30. The number of aromatic nitrogens is 2. The van der Waals surface area contributed by atoms with Gasteiger partial charge in [-0.05, 0) is 32.3 Å². The van der Waals surface area contributed by atoms with Crippen molar-refractivity contribution in [1.82, 2.24) is 14.9 Å². The van der Waals surface area contributed by atoms with E-state index in [0.717, 1.165) is 18.4 Å². The summed E-state index contributed by atoms with van der Waals surface area (Å²) in [6.07, 6.45) is 2.10. The number of thiophene rings is 1. The smallest absolute Gasteiger partial charge is 0.262 e. The van der Waals surface area contributed by atoms with E-state index < -0.39 is 0 Å². The highest BCUT2D eigenvalue weighted by Crippen LogP contribution is 2.28. The van der Waals surface area contributed by atoms with Gasteiger partial charge in [-0.2, -0.15) is 0 Å². The third-order valence-electron chi connectivity index (χ3n) is 3.51. The van der Waals surface area contributed by atoms with Crippen molar-refractivity contribution in [3.63, 3.8) is 0 Å². The molecule has 0 radical (unpaired) electrons. The van der Waals surface area contributed by atoms with Crippen molar-refractivity contribution in [3.8, 4) is 0 Å². The van der Waals surface area contributed by atoms with Gasteiger partial charge in [0.25, 0.3) is 11.5 Å². The van der Waals surface area contributed by atoms with Crippen LogP contribution in [0.5, 0.6) is 0 Å². The predicted molar refractivity (Wildman–Crippen MR) is 74.8 cm³/mol. The lowest BCUT2D eigenvalue weighted by atomic mass is 10.2. The lowest BCUT2D eigenvalue weighted by Gasteiger charge is -2.02. The molecule has 2 aromatic rings. The van der Waals surface area contributed by atoms with Crippen LogP contribution >= 0.6 is 11.3 Å². The first-order valence-corrected chi connectivity index (χ1v) is 7.08. The van der Waals surface area contributed by atoms with E-state index in [-0.39, 0.29) is 11.5 Å². The van der Waals surface area contributed by atoms with Crippen molar-refractivity contribution in [3.05, 3.63) is 26.6 Å². The fraction of sp³-hybridized carbons (Fsp3) is 0.462. The van der Waals surface area contributed by atoms with Gasteiger partial charge in [-0.3, -0.25) is 14.2 Å². The van der Waals surface area contributed by atoms with Crippen LogP contribution in [0.2, 0.25) is 0 Å². The van der Waals surface area contributed by atoms with Gasteiger partial charge >= 0.3 is 0 Å². The van der Waals surface area contributed by atoms with Gasteiger partial charge in [0.1, 0.15) is 10.7 Å². The molecule has 2 heterocycles. The first-order chi connectivity index (χ1) is 8.99. The number of amides is 1. The molecule has 1 fully saturated rings. The number of fused-ring (bicyclic) bond motifs is 1. The molecule has 0 atom stereocenters. The van der Waals surface area contributed by atoms with Gasteiger partial charge < -0.3 is 5.32 Å². The summed E-state index contributed by atoms with van der Waals surface area (Å²) in [6, 6.07) is 0.314. The molecular formula is C13H15N3O2S. The zero-order valence-electron chi connectivity index (χ0n) is 11.1. The SMILES string of the molecule is Cc1c(C(=O)NC2CC2)sc2nc(C)n(C)c(=O)c12. The van der Waals surface area contributed by atoms with Crippen molar-refractivity contribution < 1.29 is 4.79 Å². The minimum Gasteiger partial charge on any atom is -0.349 e. The average Bonchev–Trinajstić information content (AvgIpc) is 3.10. The van der Waals surface area contributed by atoms with Gasteiger partial charge in [0.15, 0.2) is 0 Å². The van der Waals surface area contributed by atoms with Crippen LogP contribution in [-0.2, 0) is 7.05 Å². The Morgan fingerprint density at radius 1 is 1.42 bits per heavy atom. The maximum Gasteiger partial charge on any atom is 0.262 e. The second-order valence-electron chi connectivity index (χ2n) is 5.01. The van der Waals surface area contributed by atoms with E-state index in [2.05, 4.69) is 10.3 Å². The summed E-state index contributed by atoms with van der Waals surface area (Å²) in [6.45, 7) is 3.61. The lowest BCUT2D eigenvalue weighted by molar-refractivity contribution is 0.0954. The maximum atomic E-state index is 12.2.